The quantitative estimate of drug-likeness (QED) is 0.938. The minimum absolute atomic E-state index is 0.0710. The second-order valence-corrected chi connectivity index (χ2v) is 6.13. The first-order chi connectivity index (χ1) is 11.1. The number of nitriles is 1. The number of hydrogen-bond acceptors (Lipinski definition) is 5. The summed E-state index contributed by atoms with van der Waals surface area (Å²) in [6.07, 6.45) is 3.15. The minimum atomic E-state index is -0.0710. The van der Waals surface area contributed by atoms with Crippen LogP contribution in [0.2, 0.25) is 0 Å². The summed E-state index contributed by atoms with van der Waals surface area (Å²) in [5.41, 5.74) is 0.926. The van der Waals surface area contributed by atoms with Gasteiger partial charge in [0.05, 0.1) is 5.56 Å². The first kappa shape index (κ1) is 15.3. The summed E-state index contributed by atoms with van der Waals surface area (Å²) >= 11 is 0. The van der Waals surface area contributed by atoms with Crippen LogP contribution in [-0.2, 0) is 0 Å². The summed E-state index contributed by atoms with van der Waals surface area (Å²) in [6, 6.07) is 3.60. The normalized spacial score (nSPS) is 15.8. The third-order valence-corrected chi connectivity index (χ3v) is 4.15. The third-order valence-electron chi connectivity index (χ3n) is 4.15. The number of nitrogens with one attached hydrogen (secondary N) is 1. The Kier molecular flexibility index (Phi) is 4.15. The number of carbonyl (C=O) groups is 1. The van der Waals surface area contributed by atoms with E-state index in [0.717, 1.165) is 18.7 Å². The first-order valence-corrected chi connectivity index (χ1v) is 7.79. The molecular weight excluding hydrogens is 294 g/mol. The zero-order valence-corrected chi connectivity index (χ0v) is 13.2. The van der Waals surface area contributed by atoms with E-state index in [0.29, 0.717) is 30.2 Å². The lowest BCUT2D eigenvalue weighted by molar-refractivity contribution is 0.0699. The van der Waals surface area contributed by atoms with E-state index < -0.39 is 0 Å². The maximum atomic E-state index is 12.4. The number of hydrogen-bond donors (Lipinski definition) is 1. The van der Waals surface area contributed by atoms with Crippen molar-refractivity contribution in [3.05, 3.63) is 35.2 Å². The van der Waals surface area contributed by atoms with Gasteiger partial charge in [-0.05, 0) is 18.9 Å². The van der Waals surface area contributed by atoms with Crippen LogP contribution >= 0.6 is 0 Å². The van der Waals surface area contributed by atoms with Crippen LogP contribution in [0.1, 0.15) is 66.3 Å². The van der Waals surface area contributed by atoms with E-state index in [1.807, 2.05) is 19.9 Å². The van der Waals surface area contributed by atoms with E-state index in [2.05, 4.69) is 15.1 Å². The molecule has 7 nitrogen and oxygen atoms in total. The number of amides is 1. The number of carbonyl (C=O) groups excluding carboxylic acids is 1. The molecule has 3 heterocycles. The Bertz CT molecular complexity index is 732. The molecule has 0 bridgehead atoms. The van der Waals surface area contributed by atoms with Gasteiger partial charge in [-0.3, -0.25) is 4.79 Å². The van der Waals surface area contributed by atoms with Crippen molar-refractivity contribution in [1.29, 1.82) is 5.26 Å². The fraction of sp³-hybridized carbons (Fsp3) is 0.500. The highest BCUT2D eigenvalue weighted by atomic mass is 16.5. The molecule has 2 aromatic rings. The molecule has 1 N–H and O–H groups in total. The van der Waals surface area contributed by atoms with E-state index >= 15 is 0 Å². The van der Waals surface area contributed by atoms with E-state index in [9.17, 15) is 4.79 Å². The van der Waals surface area contributed by atoms with E-state index in [1.165, 1.54) is 0 Å². The van der Waals surface area contributed by atoms with Crippen molar-refractivity contribution in [2.45, 2.75) is 38.5 Å². The highest BCUT2D eigenvalue weighted by molar-refractivity contribution is 5.92. The second-order valence-electron chi connectivity index (χ2n) is 6.13. The predicted molar refractivity (Wildman–Crippen MR) is 81.8 cm³/mol. The number of piperidine rings is 1. The van der Waals surface area contributed by atoms with Gasteiger partial charge in [0.1, 0.15) is 11.8 Å². The number of aromatic nitrogens is 3. The molecule has 1 amide bonds. The minimum Gasteiger partial charge on any atom is -0.356 e. The van der Waals surface area contributed by atoms with Crippen molar-refractivity contribution in [2.24, 2.45) is 0 Å². The molecule has 23 heavy (non-hydrogen) atoms. The molecule has 0 aromatic carbocycles. The predicted octanol–water partition coefficient (Wildman–Crippen LogP) is 2.41. The molecule has 7 heteroatoms. The summed E-state index contributed by atoms with van der Waals surface area (Å²) < 4.78 is 5.36. The van der Waals surface area contributed by atoms with Gasteiger partial charge in [0.2, 0.25) is 5.89 Å². The largest absolute Gasteiger partial charge is 0.356 e. The first-order valence-electron chi connectivity index (χ1n) is 7.79. The highest BCUT2D eigenvalue weighted by Crippen LogP contribution is 2.28. The molecule has 1 saturated heterocycles. The smallest absolute Gasteiger partial charge is 0.270 e. The summed E-state index contributed by atoms with van der Waals surface area (Å²) in [4.78, 5) is 21.5. The average Bonchev–Trinajstić information content (AvgIpc) is 3.23. The van der Waals surface area contributed by atoms with Gasteiger partial charge in [-0.25, -0.2) is 0 Å². The molecule has 1 aliphatic rings. The standard InChI is InChI=1S/C16H19N5O2/c1-10(2)14-19-15(23-20-14)12-3-5-21(6-4-12)16(22)13-7-11(8-17)9-18-13/h7,9-10,12,18H,3-6H2,1-2H3. The Morgan fingerprint density at radius 1 is 1.48 bits per heavy atom. The number of likely N-dealkylation sites (tertiary alicyclic amines) is 1. The fourth-order valence-corrected chi connectivity index (χ4v) is 2.73. The SMILES string of the molecule is CC(C)c1noc(C2CCN(C(=O)c3cc(C#N)c[nH]3)CC2)n1. The van der Waals surface area contributed by atoms with Gasteiger partial charge >= 0.3 is 0 Å². The van der Waals surface area contributed by atoms with Gasteiger partial charge in [0, 0.05) is 31.1 Å². The van der Waals surface area contributed by atoms with Gasteiger partial charge in [-0.2, -0.15) is 10.2 Å². The monoisotopic (exact) mass is 313 g/mol. The lowest BCUT2D eigenvalue weighted by Gasteiger charge is -2.30. The van der Waals surface area contributed by atoms with Crippen molar-refractivity contribution in [2.75, 3.05) is 13.1 Å². The zero-order valence-electron chi connectivity index (χ0n) is 13.2. The summed E-state index contributed by atoms with van der Waals surface area (Å²) in [5, 5.41) is 12.8. The van der Waals surface area contributed by atoms with Crippen molar-refractivity contribution in [1.82, 2.24) is 20.0 Å². The van der Waals surface area contributed by atoms with Gasteiger partial charge in [0.15, 0.2) is 5.82 Å². The van der Waals surface area contributed by atoms with E-state index in [1.54, 1.807) is 17.2 Å². The molecule has 0 aliphatic carbocycles. The number of H-pyrrole nitrogens is 1. The van der Waals surface area contributed by atoms with Crippen LogP contribution in [0.3, 0.4) is 0 Å². The maximum Gasteiger partial charge on any atom is 0.270 e. The maximum absolute atomic E-state index is 12.4. The molecular formula is C16H19N5O2. The van der Waals surface area contributed by atoms with Gasteiger partial charge < -0.3 is 14.4 Å². The molecule has 0 radical (unpaired) electrons. The van der Waals surface area contributed by atoms with Crippen LogP contribution in [0.15, 0.2) is 16.8 Å². The van der Waals surface area contributed by atoms with Gasteiger partial charge in [0.25, 0.3) is 5.91 Å². The van der Waals surface area contributed by atoms with E-state index in [-0.39, 0.29) is 17.7 Å². The van der Waals surface area contributed by atoms with Crippen LogP contribution < -0.4 is 0 Å². The van der Waals surface area contributed by atoms with Gasteiger partial charge in [-0.15, -0.1) is 0 Å². The van der Waals surface area contributed by atoms with Crippen LogP contribution in [0.4, 0.5) is 0 Å². The Morgan fingerprint density at radius 2 is 2.22 bits per heavy atom. The summed E-state index contributed by atoms with van der Waals surface area (Å²) in [5.74, 6) is 1.79. The molecule has 0 saturated carbocycles. The van der Waals surface area contributed by atoms with Crippen LogP contribution in [0.5, 0.6) is 0 Å². The molecule has 0 spiro atoms. The van der Waals surface area contributed by atoms with Crippen molar-refractivity contribution in [3.63, 3.8) is 0 Å². The molecule has 1 aliphatic heterocycles. The lowest BCUT2D eigenvalue weighted by atomic mass is 9.96. The fourth-order valence-electron chi connectivity index (χ4n) is 2.73. The average molecular weight is 313 g/mol. The third kappa shape index (κ3) is 3.11. The molecule has 120 valence electrons. The number of nitrogens with zero attached hydrogens (tertiary/aromatic N) is 4. The Balaban J connectivity index is 1.61. The second kappa shape index (κ2) is 6.24. The molecule has 2 aromatic heterocycles. The molecule has 0 unspecified atom stereocenters. The molecule has 1 fully saturated rings. The van der Waals surface area contributed by atoms with Crippen molar-refractivity contribution >= 4 is 5.91 Å². The summed E-state index contributed by atoms with van der Waals surface area (Å²) in [7, 11) is 0. The van der Waals surface area contributed by atoms with Crippen molar-refractivity contribution < 1.29 is 9.32 Å². The van der Waals surface area contributed by atoms with Crippen LogP contribution in [-0.4, -0.2) is 39.0 Å². The van der Waals surface area contributed by atoms with Gasteiger partial charge in [-0.1, -0.05) is 19.0 Å². The Hall–Kier alpha value is -2.62. The molecule has 3 rings (SSSR count). The van der Waals surface area contributed by atoms with Crippen LogP contribution in [0.25, 0.3) is 0 Å². The van der Waals surface area contributed by atoms with E-state index in [4.69, 9.17) is 9.78 Å². The Morgan fingerprint density at radius 3 is 2.78 bits per heavy atom. The van der Waals surface area contributed by atoms with Crippen molar-refractivity contribution in [3.8, 4) is 6.07 Å². The lowest BCUT2D eigenvalue weighted by Crippen LogP contribution is -2.38. The number of rotatable bonds is 3. The number of aromatic amines is 1. The Labute approximate surface area is 134 Å². The summed E-state index contributed by atoms with van der Waals surface area (Å²) in [6.45, 7) is 5.34. The highest BCUT2D eigenvalue weighted by Gasteiger charge is 2.28. The topological polar surface area (TPSA) is 98.8 Å². The zero-order chi connectivity index (χ0) is 16.4. The van der Waals surface area contributed by atoms with Crippen LogP contribution in [0, 0.1) is 11.3 Å². The molecule has 0 atom stereocenters.